The van der Waals surface area contributed by atoms with Gasteiger partial charge in [-0.3, -0.25) is 0 Å². The molecule has 1 aromatic carbocycles. The van der Waals surface area contributed by atoms with Crippen molar-refractivity contribution in [2.75, 3.05) is 19.0 Å². The first-order valence-electron chi connectivity index (χ1n) is 6.61. The molecule has 0 spiro atoms. The fourth-order valence-corrected chi connectivity index (χ4v) is 2.07. The van der Waals surface area contributed by atoms with Crippen molar-refractivity contribution >= 4 is 17.5 Å². The van der Waals surface area contributed by atoms with Gasteiger partial charge in [0.1, 0.15) is 0 Å². The average molecular weight is 312 g/mol. The van der Waals surface area contributed by atoms with Crippen LogP contribution in [0.25, 0.3) is 0 Å². The van der Waals surface area contributed by atoms with Gasteiger partial charge in [-0.2, -0.15) is 0 Å². The van der Waals surface area contributed by atoms with E-state index in [0.717, 1.165) is 12.0 Å². The Kier molecular flexibility index (Phi) is 5.21. The first kappa shape index (κ1) is 15.4. The van der Waals surface area contributed by atoms with Gasteiger partial charge < -0.3 is 14.8 Å². The normalized spacial score (nSPS) is 10.5. The Morgan fingerprint density at radius 3 is 2.81 bits per heavy atom. The van der Waals surface area contributed by atoms with Crippen LogP contribution in [0.15, 0.2) is 12.1 Å². The highest BCUT2D eigenvalue weighted by atomic mass is 35.5. The lowest BCUT2D eigenvalue weighted by Gasteiger charge is -2.14. The molecule has 1 aromatic heterocycles. The van der Waals surface area contributed by atoms with Crippen LogP contribution in [0.1, 0.15) is 18.9 Å². The van der Waals surface area contributed by atoms with Gasteiger partial charge in [-0.25, -0.2) is 4.68 Å². The van der Waals surface area contributed by atoms with E-state index in [0.29, 0.717) is 35.6 Å². The second-order valence-electron chi connectivity index (χ2n) is 4.44. The minimum atomic E-state index is 0.524. The first-order chi connectivity index (χ1) is 10.2. The second kappa shape index (κ2) is 7.12. The lowest BCUT2D eigenvalue weighted by molar-refractivity contribution is 0.294. The van der Waals surface area contributed by atoms with E-state index in [9.17, 15) is 0 Å². The Labute approximate surface area is 128 Å². The number of aromatic nitrogens is 4. The number of nitrogens with zero attached hydrogens (tertiary/aromatic N) is 4. The van der Waals surface area contributed by atoms with Crippen molar-refractivity contribution in [3.63, 3.8) is 0 Å². The zero-order valence-electron chi connectivity index (χ0n) is 12.3. The number of tetrazole rings is 1. The summed E-state index contributed by atoms with van der Waals surface area (Å²) < 4.78 is 12.5. The molecule has 2 rings (SSSR count). The summed E-state index contributed by atoms with van der Waals surface area (Å²) in [5, 5.41) is 14.8. The van der Waals surface area contributed by atoms with Crippen LogP contribution < -0.4 is 14.8 Å². The van der Waals surface area contributed by atoms with Crippen molar-refractivity contribution in [1.82, 2.24) is 20.2 Å². The Balaban J connectivity index is 2.13. The van der Waals surface area contributed by atoms with Gasteiger partial charge >= 0.3 is 0 Å². The molecule has 0 fully saturated rings. The number of ether oxygens (including phenoxy) is 2. The molecule has 7 nitrogen and oxygen atoms in total. The number of hydrogen-bond donors (Lipinski definition) is 1. The lowest BCUT2D eigenvalue weighted by atomic mass is 10.2. The highest BCUT2D eigenvalue weighted by molar-refractivity contribution is 6.32. The molecule has 114 valence electrons. The molecule has 2 aromatic rings. The maximum absolute atomic E-state index is 6.26. The molecule has 0 aliphatic heterocycles. The van der Waals surface area contributed by atoms with E-state index in [2.05, 4.69) is 20.8 Å². The topological polar surface area (TPSA) is 74.1 Å². The van der Waals surface area contributed by atoms with Gasteiger partial charge in [0.05, 0.1) is 18.7 Å². The minimum Gasteiger partial charge on any atom is -0.493 e. The third-order valence-corrected chi connectivity index (χ3v) is 3.09. The SMILES string of the molecule is CCCOc1c(Cl)cc(CNc2nnnn2C)cc1OC. The van der Waals surface area contributed by atoms with Gasteiger partial charge in [0.25, 0.3) is 0 Å². The smallest absolute Gasteiger partial charge is 0.242 e. The number of benzene rings is 1. The van der Waals surface area contributed by atoms with Gasteiger partial charge in [-0.05, 0) is 34.5 Å². The quantitative estimate of drug-likeness (QED) is 0.845. The largest absolute Gasteiger partial charge is 0.493 e. The maximum Gasteiger partial charge on any atom is 0.242 e. The van der Waals surface area contributed by atoms with Crippen LogP contribution in [0.2, 0.25) is 5.02 Å². The van der Waals surface area contributed by atoms with Crippen LogP contribution in [-0.2, 0) is 13.6 Å². The molecule has 0 aliphatic rings. The Morgan fingerprint density at radius 1 is 1.38 bits per heavy atom. The number of rotatable bonds is 7. The molecule has 1 N–H and O–H groups in total. The van der Waals surface area contributed by atoms with Gasteiger partial charge in [0.15, 0.2) is 11.5 Å². The van der Waals surface area contributed by atoms with Crippen LogP contribution in [0, 0.1) is 0 Å². The van der Waals surface area contributed by atoms with Crippen molar-refractivity contribution in [3.05, 3.63) is 22.7 Å². The molecule has 0 aliphatic carbocycles. The molecule has 0 radical (unpaired) electrons. The lowest BCUT2D eigenvalue weighted by Crippen LogP contribution is -2.06. The van der Waals surface area contributed by atoms with E-state index >= 15 is 0 Å². The number of anilines is 1. The summed E-state index contributed by atoms with van der Waals surface area (Å²) in [4.78, 5) is 0. The first-order valence-corrected chi connectivity index (χ1v) is 6.99. The Hall–Kier alpha value is -2.02. The molecular formula is C13H18ClN5O2. The molecule has 0 saturated carbocycles. The summed E-state index contributed by atoms with van der Waals surface area (Å²) in [6.45, 7) is 3.16. The fraction of sp³-hybridized carbons (Fsp3) is 0.462. The van der Waals surface area contributed by atoms with Crippen LogP contribution >= 0.6 is 11.6 Å². The molecule has 0 amide bonds. The number of halogens is 1. The standard InChI is InChI=1S/C13H18ClN5O2/c1-4-5-21-12-10(14)6-9(7-11(12)20-3)8-15-13-16-17-18-19(13)2/h6-7H,4-5,8H2,1-3H3,(H,15,16,18). The van der Waals surface area contributed by atoms with E-state index in [-0.39, 0.29) is 0 Å². The van der Waals surface area contributed by atoms with Crippen molar-refractivity contribution in [2.45, 2.75) is 19.9 Å². The summed E-state index contributed by atoms with van der Waals surface area (Å²) in [6, 6.07) is 3.72. The zero-order valence-corrected chi connectivity index (χ0v) is 13.0. The minimum absolute atomic E-state index is 0.524. The van der Waals surface area contributed by atoms with Crippen molar-refractivity contribution < 1.29 is 9.47 Å². The van der Waals surface area contributed by atoms with Gasteiger partial charge in [0.2, 0.25) is 5.95 Å². The van der Waals surface area contributed by atoms with Crippen LogP contribution in [-0.4, -0.2) is 33.9 Å². The molecule has 21 heavy (non-hydrogen) atoms. The van der Waals surface area contributed by atoms with Crippen LogP contribution in [0.4, 0.5) is 5.95 Å². The molecule has 0 saturated heterocycles. The Bertz CT molecular complexity index is 602. The molecule has 8 heteroatoms. The summed E-state index contributed by atoms with van der Waals surface area (Å²) >= 11 is 6.26. The molecule has 0 atom stereocenters. The van der Waals surface area contributed by atoms with Crippen molar-refractivity contribution in [2.24, 2.45) is 7.05 Å². The average Bonchev–Trinajstić information content (AvgIpc) is 2.88. The summed E-state index contributed by atoms with van der Waals surface area (Å²) in [7, 11) is 3.35. The highest BCUT2D eigenvalue weighted by Gasteiger charge is 2.12. The molecule has 0 unspecified atom stereocenters. The molecule has 1 heterocycles. The van der Waals surface area contributed by atoms with Gasteiger partial charge in [0, 0.05) is 13.6 Å². The number of nitrogens with one attached hydrogen (secondary N) is 1. The predicted molar refractivity (Wildman–Crippen MR) is 79.9 cm³/mol. The molecule has 0 bridgehead atoms. The second-order valence-corrected chi connectivity index (χ2v) is 4.84. The van der Waals surface area contributed by atoms with Crippen LogP contribution in [0.3, 0.4) is 0 Å². The third kappa shape index (κ3) is 3.75. The zero-order chi connectivity index (χ0) is 15.2. The Morgan fingerprint density at radius 2 is 2.19 bits per heavy atom. The summed E-state index contributed by atoms with van der Waals surface area (Å²) in [5.74, 6) is 1.77. The molecular weight excluding hydrogens is 294 g/mol. The van der Waals surface area contributed by atoms with E-state index in [1.54, 1.807) is 18.8 Å². The summed E-state index contributed by atoms with van der Waals surface area (Å²) in [6.07, 6.45) is 0.905. The van der Waals surface area contributed by atoms with E-state index in [1.165, 1.54) is 0 Å². The van der Waals surface area contributed by atoms with Crippen molar-refractivity contribution in [1.29, 1.82) is 0 Å². The number of methoxy groups -OCH3 is 1. The van der Waals surface area contributed by atoms with Gasteiger partial charge in [-0.1, -0.05) is 23.6 Å². The summed E-state index contributed by atoms with van der Waals surface area (Å²) in [5.41, 5.74) is 0.948. The van der Waals surface area contributed by atoms with Crippen molar-refractivity contribution in [3.8, 4) is 11.5 Å². The number of aryl methyl sites for hydroxylation is 1. The predicted octanol–water partition coefficient (Wildman–Crippen LogP) is 2.27. The third-order valence-electron chi connectivity index (χ3n) is 2.81. The van der Waals surface area contributed by atoms with E-state index < -0.39 is 0 Å². The number of hydrogen-bond acceptors (Lipinski definition) is 6. The van der Waals surface area contributed by atoms with E-state index in [4.69, 9.17) is 21.1 Å². The fourth-order valence-electron chi connectivity index (χ4n) is 1.78. The monoisotopic (exact) mass is 311 g/mol. The van der Waals surface area contributed by atoms with Gasteiger partial charge in [-0.15, -0.1) is 0 Å². The van der Waals surface area contributed by atoms with E-state index in [1.807, 2.05) is 19.1 Å². The van der Waals surface area contributed by atoms with Crippen LogP contribution in [0.5, 0.6) is 11.5 Å². The highest BCUT2D eigenvalue weighted by Crippen LogP contribution is 2.36. The maximum atomic E-state index is 6.26.